The van der Waals surface area contributed by atoms with Crippen molar-refractivity contribution in [3.05, 3.63) is 29.6 Å². The van der Waals surface area contributed by atoms with Crippen LogP contribution in [0.5, 0.6) is 0 Å². The smallest absolute Gasteiger partial charge is 0.242 e. The highest BCUT2D eigenvalue weighted by atomic mass is 16.3. The van der Waals surface area contributed by atoms with Crippen molar-refractivity contribution in [2.24, 2.45) is 17.0 Å². The number of carbonyl (C=O) groups excluding carboxylic acids is 2. The number of β-amino-alcohol motifs (C(OH)–C–C–N with tert-alkyl or cyclic N) is 1. The molecule has 0 saturated carbocycles. The van der Waals surface area contributed by atoms with E-state index < -0.39 is 23.6 Å². The second-order valence-corrected chi connectivity index (χ2v) is 10.6. The molecule has 1 aliphatic heterocycles. The third-order valence-corrected chi connectivity index (χ3v) is 6.61. The van der Waals surface area contributed by atoms with Crippen LogP contribution in [-0.4, -0.2) is 80.7 Å². The minimum atomic E-state index is -0.748. The Labute approximate surface area is 201 Å². The number of hydrogen-bond acceptors (Lipinski definition) is 7. The number of aryl methyl sites for hydroxylation is 2. The fraction of sp³-hybridized carbons (Fsp3) is 0.625. The van der Waals surface area contributed by atoms with E-state index in [4.69, 9.17) is 11.6 Å². The number of hydrazine groups is 1. The molecular formula is C24H39N7O3. The number of nitrogens with zero attached hydrogens (tertiary/aromatic N) is 4. The van der Waals surface area contributed by atoms with Gasteiger partial charge in [0.15, 0.2) is 0 Å². The molecule has 34 heavy (non-hydrogen) atoms. The van der Waals surface area contributed by atoms with Crippen molar-refractivity contribution in [2.45, 2.75) is 71.8 Å². The number of aromatic nitrogens is 2. The van der Waals surface area contributed by atoms with Crippen molar-refractivity contribution in [3.63, 3.8) is 0 Å². The van der Waals surface area contributed by atoms with Crippen molar-refractivity contribution in [1.29, 1.82) is 0 Å². The fourth-order valence-electron chi connectivity index (χ4n) is 4.78. The topological polar surface area (TPSA) is 143 Å². The highest BCUT2D eigenvalue weighted by Crippen LogP contribution is 2.29. The third-order valence-electron chi connectivity index (χ3n) is 6.61. The number of carbonyl (C=O) groups is 2. The van der Waals surface area contributed by atoms with E-state index in [0.29, 0.717) is 6.54 Å². The van der Waals surface area contributed by atoms with Gasteiger partial charge in [-0.2, -0.15) is 0 Å². The molecule has 2 aromatic rings. The Morgan fingerprint density at radius 2 is 1.94 bits per heavy atom. The van der Waals surface area contributed by atoms with E-state index in [1.807, 2.05) is 25.3 Å². The summed E-state index contributed by atoms with van der Waals surface area (Å²) in [4.78, 5) is 31.9. The van der Waals surface area contributed by atoms with Crippen LogP contribution in [0.3, 0.4) is 0 Å². The van der Waals surface area contributed by atoms with Crippen LogP contribution < -0.4 is 16.9 Å². The Morgan fingerprint density at radius 1 is 1.29 bits per heavy atom. The lowest BCUT2D eigenvalue weighted by molar-refractivity contribution is -0.146. The molecule has 1 aromatic carbocycles. The molecule has 1 saturated heterocycles. The molecule has 0 aliphatic carbocycles. The monoisotopic (exact) mass is 473 g/mol. The summed E-state index contributed by atoms with van der Waals surface area (Å²) in [5.41, 5.74) is 10.2. The Kier molecular flexibility index (Phi) is 7.66. The minimum absolute atomic E-state index is 0.100. The number of benzene rings is 1. The molecule has 1 aliphatic rings. The van der Waals surface area contributed by atoms with Gasteiger partial charge in [0.1, 0.15) is 12.1 Å². The standard InChI is InChI=1S/C24H39N7O3/c1-14-7-18-19(8-15(14)2)29(13-28-18)10-16(25)11-31(26)21(24(3,4)5)23(34)30-12-17(32)9-20(30)22(33)27-6/h7-8,13,16-17,20-21,32H,9-12,25-26H2,1-6H3,(H,27,33). The van der Waals surface area contributed by atoms with Gasteiger partial charge in [0.2, 0.25) is 11.8 Å². The number of hydrogen-bond donors (Lipinski definition) is 4. The van der Waals surface area contributed by atoms with Gasteiger partial charge in [0.25, 0.3) is 0 Å². The van der Waals surface area contributed by atoms with Crippen LogP contribution in [0, 0.1) is 19.3 Å². The van der Waals surface area contributed by atoms with Crippen LogP contribution >= 0.6 is 0 Å². The average molecular weight is 474 g/mol. The van der Waals surface area contributed by atoms with Crippen LogP contribution in [0.2, 0.25) is 0 Å². The summed E-state index contributed by atoms with van der Waals surface area (Å²) >= 11 is 0. The normalized spacial score (nSPS) is 20.7. The molecule has 4 atom stereocenters. The first-order chi connectivity index (χ1) is 15.8. The first kappa shape index (κ1) is 26.1. The molecule has 1 fully saturated rings. The van der Waals surface area contributed by atoms with E-state index in [1.54, 1.807) is 6.33 Å². The van der Waals surface area contributed by atoms with Crippen LogP contribution in [0.25, 0.3) is 11.0 Å². The number of nitrogens with two attached hydrogens (primary N) is 2. The SMILES string of the molecule is CNC(=O)C1CC(O)CN1C(=O)C(N(N)CC(N)Cn1cnc2cc(C)c(C)cc21)C(C)(C)C. The Bertz CT molecular complexity index is 1050. The van der Waals surface area contributed by atoms with E-state index in [2.05, 4.69) is 36.3 Å². The van der Waals surface area contributed by atoms with Gasteiger partial charge in [-0.05, 0) is 42.5 Å². The number of likely N-dealkylation sites (N-methyl/N-ethyl adjacent to an activating group) is 1. The molecule has 4 unspecified atom stereocenters. The maximum atomic E-state index is 13.6. The van der Waals surface area contributed by atoms with Gasteiger partial charge in [0.05, 0.1) is 23.5 Å². The number of aliphatic hydroxyl groups is 1. The quantitative estimate of drug-likeness (QED) is 0.334. The Hall–Kier alpha value is -2.53. The first-order valence-electron chi connectivity index (χ1n) is 11.7. The van der Waals surface area contributed by atoms with Crippen molar-refractivity contribution in [3.8, 4) is 0 Å². The van der Waals surface area contributed by atoms with E-state index in [-0.39, 0.29) is 37.4 Å². The molecule has 2 amide bonds. The van der Waals surface area contributed by atoms with E-state index in [0.717, 1.165) is 11.0 Å². The van der Waals surface area contributed by atoms with Crippen molar-refractivity contribution in [2.75, 3.05) is 20.1 Å². The van der Waals surface area contributed by atoms with Crippen molar-refractivity contribution < 1.29 is 14.7 Å². The van der Waals surface area contributed by atoms with Crippen LogP contribution in [-0.2, 0) is 16.1 Å². The minimum Gasteiger partial charge on any atom is -0.391 e. The number of fused-ring (bicyclic) bond motifs is 1. The summed E-state index contributed by atoms with van der Waals surface area (Å²) in [7, 11) is 1.52. The van der Waals surface area contributed by atoms with E-state index >= 15 is 0 Å². The summed E-state index contributed by atoms with van der Waals surface area (Å²) in [5, 5.41) is 14.2. The first-order valence-corrected chi connectivity index (χ1v) is 11.7. The second kappa shape index (κ2) is 9.99. The largest absolute Gasteiger partial charge is 0.391 e. The maximum absolute atomic E-state index is 13.6. The van der Waals surface area contributed by atoms with Crippen LogP contribution in [0.4, 0.5) is 0 Å². The molecule has 6 N–H and O–H groups in total. The number of amides is 2. The maximum Gasteiger partial charge on any atom is 0.242 e. The molecule has 188 valence electrons. The van der Waals surface area contributed by atoms with Gasteiger partial charge in [-0.25, -0.2) is 9.99 Å². The number of likely N-dealkylation sites (tertiary alicyclic amines) is 1. The lowest BCUT2D eigenvalue weighted by Crippen LogP contribution is -2.61. The predicted octanol–water partition coefficient (Wildman–Crippen LogP) is 0.279. The predicted molar refractivity (Wildman–Crippen MR) is 132 cm³/mol. The van der Waals surface area contributed by atoms with Gasteiger partial charge in [-0.15, -0.1) is 0 Å². The van der Waals surface area contributed by atoms with Crippen molar-refractivity contribution in [1.82, 2.24) is 24.8 Å². The Balaban J connectivity index is 1.77. The van der Waals surface area contributed by atoms with Crippen molar-refractivity contribution >= 4 is 22.8 Å². The fourth-order valence-corrected chi connectivity index (χ4v) is 4.78. The zero-order valence-electron chi connectivity index (χ0n) is 21.1. The molecule has 1 aromatic heterocycles. The summed E-state index contributed by atoms with van der Waals surface area (Å²) in [5.74, 6) is 5.88. The lowest BCUT2D eigenvalue weighted by atomic mass is 9.85. The highest BCUT2D eigenvalue weighted by Gasteiger charge is 2.45. The third kappa shape index (κ3) is 5.41. The Morgan fingerprint density at radius 3 is 2.56 bits per heavy atom. The number of rotatable bonds is 7. The van der Waals surface area contributed by atoms with Gasteiger partial charge in [0, 0.05) is 39.1 Å². The van der Waals surface area contributed by atoms with Crippen LogP contribution in [0.15, 0.2) is 18.5 Å². The van der Waals surface area contributed by atoms with E-state index in [1.165, 1.54) is 28.1 Å². The number of nitrogens with one attached hydrogen (secondary N) is 1. The summed E-state index contributed by atoms with van der Waals surface area (Å²) < 4.78 is 2.01. The number of aliphatic hydroxyl groups excluding tert-OH is 1. The lowest BCUT2D eigenvalue weighted by Gasteiger charge is -2.40. The zero-order chi connectivity index (χ0) is 25.4. The van der Waals surface area contributed by atoms with Gasteiger partial charge >= 0.3 is 0 Å². The molecule has 2 heterocycles. The molecule has 0 radical (unpaired) electrons. The van der Waals surface area contributed by atoms with Crippen LogP contribution in [0.1, 0.15) is 38.3 Å². The summed E-state index contributed by atoms with van der Waals surface area (Å²) in [6, 6.07) is 2.36. The molecule has 3 rings (SSSR count). The molecular weight excluding hydrogens is 434 g/mol. The van der Waals surface area contributed by atoms with Gasteiger partial charge in [-0.3, -0.25) is 15.4 Å². The molecule has 10 nitrogen and oxygen atoms in total. The zero-order valence-corrected chi connectivity index (χ0v) is 21.1. The second-order valence-electron chi connectivity index (χ2n) is 10.6. The molecule has 0 bridgehead atoms. The number of imidazole rings is 1. The van der Waals surface area contributed by atoms with E-state index in [9.17, 15) is 14.7 Å². The van der Waals surface area contributed by atoms with Gasteiger partial charge in [-0.1, -0.05) is 20.8 Å². The summed E-state index contributed by atoms with van der Waals surface area (Å²) in [6.45, 7) is 10.8. The highest BCUT2D eigenvalue weighted by molar-refractivity contribution is 5.90. The molecule has 10 heteroatoms. The average Bonchev–Trinajstić information content (AvgIpc) is 3.30. The summed E-state index contributed by atoms with van der Waals surface area (Å²) in [6.07, 6.45) is 1.23. The van der Waals surface area contributed by atoms with Gasteiger partial charge < -0.3 is 25.6 Å². The molecule has 0 spiro atoms.